The van der Waals surface area contributed by atoms with Gasteiger partial charge in [0.15, 0.2) is 11.6 Å². The second-order valence-corrected chi connectivity index (χ2v) is 10.0. The maximum atomic E-state index is 14.2. The summed E-state index contributed by atoms with van der Waals surface area (Å²) in [4.78, 5) is 25.0. The molecule has 0 heterocycles. The van der Waals surface area contributed by atoms with E-state index < -0.39 is 29.2 Å². The first-order chi connectivity index (χ1) is 17.5. The zero-order valence-corrected chi connectivity index (χ0v) is 22.1. The monoisotopic (exact) mass is 569 g/mol. The lowest BCUT2D eigenvalue weighted by Gasteiger charge is -2.34. The van der Waals surface area contributed by atoms with E-state index in [0.29, 0.717) is 35.5 Å². The van der Waals surface area contributed by atoms with E-state index in [9.17, 15) is 19.1 Å². The molecule has 0 saturated carbocycles. The second-order valence-electron chi connectivity index (χ2n) is 9.13. The molecule has 5 N–H and O–H groups in total. The number of nitrogens with two attached hydrogens (primary N) is 1. The lowest BCUT2D eigenvalue weighted by atomic mass is 9.78. The number of nitrogen functional groups attached to an aromatic ring is 1. The fraction of sp³-hybridized carbons (Fsp3) is 0.214. The lowest BCUT2D eigenvalue weighted by Crippen LogP contribution is -2.29. The molecule has 194 valence electrons. The highest BCUT2D eigenvalue weighted by Gasteiger charge is 2.34. The summed E-state index contributed by atoms with van der Waals surface area (Å²) >= 11 is 3.34. The van der Waals surface area contributed by atoms with Gasteiger partial charge in [0.1, 0.15) is 6.10 Å². The van der Waals surface area contributed by atoms with E-state index in [-0.39, 0.29) is 5.91 Å². The largest absolute Gasteiger partial charge is 0.505 e. The van der Waals surface area contributed by atoms with E-state index in [1.165, 1.54) is 18.2 Å². The molecule has 0 saturated heterocycles. The molecule has 3 rings (SSSR count). The molecule has 0 aliphatic carbocycles. The molecular weight excluding hydrogens is 541 g/mol. The highest BCUT2D eigenvalue weighted by molar-refractivity contribution is 9.10. The number of halogens is 2. The SMILES string of the molecule is CC(C)(CC/C=C/C(=O)Nc1ccccc1N)[C@H](OC(=O)Nc1ccc(Br)cc1)c1ccc(O)c(F)c1. The molecular formula is C28H29BrFN3O4. The minimum atomic E-state index is -0.843. The number of phenols is 1. The Labute approximate surface area is 223 Å². The molecule has 9 heteroatoms. The standard InChI is InChI=1S/C28H29BrFN3O4/c1-28(2,16-6-5-9-25(35)33-23-8-4-3-7-22(23)31)26(18-10-15-24(34)21(30)17-18)37-27(36)32-20-13-11-19(29)12-14-20/h3-5,7-15,17,26,34H,6,16,31H2,1-2H3,(H,32,36)(H,33,35)/b9-5+/t26-/m1/s1. The minimum absolute atomic E-state index is 0.321. The van der Waals surface area contributed by atoms with Gasteiger partial charge in [-0.05, 0) is 73.0 Å². The summed E-state index contributed by atoms with van der Waals surface area (Å²) in [6, 6.07) is 17.8. The number of para-hydroxylation sites is 2. The molecule has 3 aromatic rings. The zero-order valence-electron chi connectivity index (χ0n) is 20.5. The number of ether oxygens (including phenoxy) is 1. The van der Waals surface area contributed by atoms with E-state index >= 15 is 0 Å². The number of hydrogen-bond acceptors (Lipinski definition) is 5. The van der Waals surface area contributed by atoms with Crippen LogP contribution in [0.2, 0.25) is 0 Å². The van der Waals surface area contributed by atoms with Gasteiger partial charge in [-0.25, -0.2) is 9.18 Å². The van der Waals surface area contributed by atoms with E-state index in [1.54, 1.807) is 54.6 Å². The van der Waals surface area contributed by atoms with Gasteiger partial charge in [0.2, 0.25) is 5.91 Å². The average molecular weight is 570 g/mol. The number of hydrogen-bond donors (Lipinski definition) is 4. The molecule has 0 spiro atoms. The maximum absolute atomic E-state index is 14.2. The van der Waals surface area contributed by atoms with Gasteiger partial charge < -0.3 is 20.9 Å². The number of benzene rings is 3. The number of rotatable bonds is 9. The summed E-state index contributed by atoms with van der Waals surface area (Å²) in [5.41, 5.74) is 7.12. The van der Waals surface area contributed by atoms with Crippen molar-refractivity contribution >= 4 is 45.0 Å². The molecule has 1 atom stereocenters. The van der Waals surface area contributed by atoms with Crippen LogP contribution >= 0.6 is 15.9 Å². The van der Waals surface area contributed by atoms with E-state index in [4.69, 9.17) is 10.5 Å². The summed E-state index contributed by atoms with van der Waals surface area (Å²) in [7, 11) is 0. The first kappa shape index (κ1) is 27.7. The van der Waals surface area contributed by atoms with Gasteiger partial charge in [-0.15, -0.1) is 0 Å². The predicted octanol–water partition coefficient (Wildman–Crippen LogP) is 7.17. The molecule has 0 unspecified atom stereocenters. The van der Waals surface area contributed by atoms with Gasteiger partial charge in [-0.2, -0.15) is 0 Å². The van der Waals surface area contributed by atoms with Crippen LogP contribution in [-0.4, -0.2) is 17.1 Å². The Kier molecular flexibility index (Phi) is 9.30. The van der Waals surface area contributed by atoms with Crippen LogP contribution in [0.4, 0.5) is 26.2 Å². The Morgan fingerprint density at radius 2 is 1.81 bits per heavy atom. The predicted molar refractivity (Wildman–Crippen MR) is 147 cm³/mol. The Morgan fingerprint density at radius 3 is 2.49 bits per heavy atom. The first-order valence-electron chi connectivity index (χ1n) is 11.6. The normalized spacial score (nSPS) is 12.2. The van der Waals surface area contributed by atoms with Gasteiger partial charge in [0.05, 0.1) is 11.4 Å². The third-order valence-corrected chi connectivity index (χ3v) is 6.27. The van der Waals surface area contributed by atoms with Crippen LogP contribution in [0.3, 0.4) is 0 Å². The van der Waals surface area contributed by atoms with Gasteiger partial charge in [-0.1, -0.05) is 54.1 Å². The van der Waals surface area contributed by atoms with Crippen LogP contribution in [0, 0.1) is 11.2 Å². The van der Waals surface area contributed by atoms with Crippen LogP contribution in [0.15, 0.2) is 83.4 Å². The summed E-state index contributed by atoms with van der Waals surface area (Å²) in [6.07, 6.45) is 2.57. The quantitative estimate of drug-likeness (QED) is 0.161. The summed E-state index contributed by atoms with van der Waals surface area (Å²) in [5, 5.41) is 15.0. The highest BCUT2D eigenvalue weighted by Crippen LogP contribution is 2.41. The van der Waals surface area contributed by atoms with Crippen molar-refractivity contribution in [2.24, 2.45) is 5.41 Å². The Morgan fingerprint density at radius 1 is 1.11 bits per heavy atom. The molecule has 2 amide bonds. The second kappa shape index (κ2) is 12.4. The molecule has 0 aliphatic rings. The number of carbonyl (C=O) groups is 2. The minimum Gasteiger partial charge on any atom is -0.505 e. The van der Waals surface area contributed by atoms with Crippen molar-refractivity contribution in [1.29, 1.82) is 0 Å². The van der Waals surface area contributed by atoms with Crippen molar-refractivity contribution in [1.82, 2.24) is 0 Å². The van der Waals surface area contributed by atoms with Crippen LogP contribution in [0.1, 0.15) is 38.4 Å². The highest BCUT2D eigenvalue weighted by atomic mass is 79.9. The van der Waals surface area contributed by atoms with Gasteiger partial charge in [0.25, 0.3) is 0 Å². The van der Waals surface area contributed by atoms with Crippen molar-refractivity contribution < 1.29 is 23.8 Å². The number of amides is 2. The van der Waals surface area contributed by atoms with Crippen molar-refractivity contribution in [2.45, 2.75) is 32.8 Å². The molecule has 3 aromatic carbocycles. The van der Waals surface area contributed by atoms with E-state index in [1.807, 2.05) is 13.8 Å². The topological polar surface area (TPSA) is 114 Å². The van der Waals surface area contributed by atoms with Crippen LogP contribution in [-0.2, 0) is 9.53 Å². The van der Waals surface area contributed by atoms with Crippen LogP contribution in [0.25, 0.3) is 0 Å². The zero-order chi connectivity index (χ0) is 27.0. The van der Waals surface area contributed by atoms with Crippen molar-refractivity contribution in [3.63, 3.8) is 0 Å². The molecule has 0 aliphatic heterocycles. The van der Waals surface area contributed by atoms with Crippen LogP contribution in [0.5, 0.6) is 5.75 Å². The summed E-state index contributed by atoms with van der Waals surface area (Å²) < 4.78 is 20.8. The molecule has 0 aromatic heterocycles. The van der Waals surface area contributed by atoms with Crippen molar-refractivity contribution in [3.8, 4) is 5.75 Å². The Balaban J connectivity index is 1.70. The third-order valence-electron chi connectivity index (χ3n) is 5.74. The smallest absolute Gasteiger partial charge is 0.412 e. The number of aromatic hydroxyl groups is 1. The number of anilines is 3. The van der Waals surface area contributed by atoms with Gasteiger partial charge in [-0.3, -0.25) is 10.1 Å². The first-order valence-corrected chi connectivity index (χ1v) is 12.4. The fourth-order valence-electron chi connectivity index (χ4n) is 3.71. The van der Waals surface area contributed by atoms with E-state index in [2.05, 4.69) is 26.6 Å². The third kappa shape index (κ3) is 8.08. The lowest BCUT2D eigenvalue weighted by molar-refractivity contribution is -0.111. The maximum Gasteiger partial charge on any atom is 0.412 e. The Hall–Kier alpha value is -3.85. The van der Waals surface area contributed by atoms with Crippen LogP contribution < -0.4 is 16.4 Å². The van der Waals surface area contributed by atoms with Crippen molar-refractivity contribution in [3.05, 3.63) is 94.7 Å². The Bertz CT molecular complexity index is 1280. The molecule has 0 bridgehead atoms. The summed E-state index contributed by atoms with van der Waals surface area (Å²) in [6.45, 7) is 3.77. The van der Waals surface area contributed by atoms with E-state index in [0.717, 1.165) is 10.5 Å². The van der Waals surface area contributed by atoms with Crippen molar-refractivity contribution in [2.75, 3.05) is 16.4 Å². The average Bonchev–Trinajstić information content (AvgIpc) is 2.85. The number of carbonyl (C=O) groups excluding carboxylic acids is 2. The molecule has 0 fully saturated rings. The number of nitrogens with one attached hydrogen (secondary N) is 2. The summed E-state index contributed by atoms with van der Waals surface area (Å²) in [5.74, 6) is -1.63. The van der Waals surface area contributed by atoms with Gasteiger partial charge in [0, 0.05) is 15.6 Å². The number of phenolic OH excluding ortho intramolecular Hbond substituents is 1. The van der Waals surface area contributed by atoms with Gasteiger partial charge >= 0.3 is 6.09 Å². The molecule has 37 heavy (non-hydrogen) atoms. The number of allylic oxidation sites excluding steroid dienone is 1. The molecule has 0 radical (unpaired) electrons. The molecule has 7 nitrogen and oxygen atoms in total. The fourth-order valence-corrected chi connectivity index (χ4v) is 3.98.